The molecule has 112 valence electrons. The number of aromatic nitrogens is 2. The number of rotatable bonds is 2. The zero-order valence-electron chi connectivity index (χ0n) is 11.8. The maximum absolute atomic E-state index is 11.9. The van der Waals surface area contributed by atoms with Crippen LogP contribution < -0.4 is 5.56 Å². The van der Waals surface area contributed by atoms with Gasteiger partial charge in [-0.3, -0.25) is 14.8 Å². The van der Waals surface area contributed by atoms with Crippen molar-refractivity contribution in [2.75, 3.05) is 0 Å². The first-order valence-corrected chi connectivity index (χ1v) is 8.05. The number of H-pyrrole nitrogens is 2. The predicted octanol–water partition coefficient (Wildman–Crippen LogP) is 2.53. The lowest BCUT2D eigenvalue weighted by Crippen LogP contribution is -2.49. The quantitative estimate of drug-likeness (QED) is 0.580. The maximum Gasteiger partial charge on any atom is 0.264 e. The van der Waals surface area contributed by atoms with Gasteiger partial charge in [-0.15, -0.1) is 0 Å². The molecule has 4 fully saturated rings. The van der Waals surface area contributed by atoms with Gasteiger partial charge in [0.05, 0.1) is 5.54 Å². The Labute approximate surface area is 127 Å². The fourth-order valence-electron chi connectivity index (χ4n) is 5.03. The van der Waals surface area contributed by atoms with Crippen LogP contribution in [0.4, 0.5) is 0 Å². The van der Waals surface area contributed by atoms with Crippen molar-refractivity contribution in [1.29, 1.82) is 0 Å². The summed E-state index contributed by atoms with van der Waals surface area (Å²) in [6.07, 6.45) is 9.04. The third-order valence-corrected chi connectivity index (χ3v) is 5.64. The molecule has 0 radical (unpaired) electrons. The molecule has 0 unspecified atom stereocenters. The van der Waals surface area contributed by atoms with Gasteiger partial charge in [-0.05, 0) is 68.5 Å². The first kappa shape index (κ1) is 13.2. The zero-order chi connectivity index (χ0) is 14.6. The van der Waals surface area contributed by atoms with Crippen LogP contribution in [-0.4, -0.2) is 26.8 Å². The molecule has 0 aromatic carbocycles. The van der Waals surface area contributed by atoms with Crippen LogP contribution in [0, 0.1) is 22.5 Å². The highest BCUT2D eigenvalue weighted by atomic mass is 32.1. The molecule has 4 aliphatic carbocycles. The number of nitrogens with one attached hydrogen (secondary N) is 2. The maximum atomic E-state index is 11.9. The average Bonchev–Trinajstić information content (AvgIpc) is 2.35. The molecule has 1 heterocycles. The molecule has 4 saturated carbocycles. The molecule has 1 aromatic rings. The van der Waals surface area contributed by atoms with Crippen LogP contribution in [0.5, 0.6) is 5.88 Å². The Morgan fingerprint density at radius 3 is 2.24 bits per heavy atom. The van der Waals surface area contributed by atoms with E-state index >= 15 is 0 Å². The van der Waals surface area contributed by atoms with E-state index in [4.69, 9.17) is 17.2 Å². The fourth-order valence-corrected chi connectivity index (χ4v) is 5.22. The molecule has 0 aliphatic heterocycles. The summed E-state index contributed by atoms with van der Waals surface area (Å²) in [6, 6.07) is 0. The monoisotopic (exact) mass is 305 g/mol. The van der Waals surface area contributed by atoms with Gasteiger partial charge in [0.2, 0.25) is 5.88 Å². The van der Waals surface area contributed by atoms with Crippen molar-refractivity contribution in [3.8, 4) is 5.88 Å². The summed E-state index contributed by atoms with van der Waals surface area (Å²) in [5.41, 5.74) is -0.204. The van der Waals surface area contributed by atoms with Gasteiger partial charge in [0.1, 0.15) is 5.56 Å². The number of aromatic hydroxyl groups is 1. The predicted molar refractivity (Wildman–Crippen MR) is 82.4 cm³/mol. The summed E-state index contributed by atoms with van der Waals surface area (Å²) in [5, 5.41) is 9.85. The minimum atomic E-state index is -0.385. The summed E-state index contributed by atoms with van der Waals surface area (Å²) >= 11 is 4.83. The molecular weight excluding hydrogens is 286 g/mol. The molecule has 21 heavy (non-hydrogen) atoms. The van der Waals surface area contributed by atoms with E-state index < -0.39 is 0 Å². The van der Waals surface area contributed by atoms with Crippen molar-refractivity contribution in [1.82, 2.24) is 9.97 Å². The van der Waals surface area contributed by atoms with Crippen LogP contribution in [0.1, 0.15) is 44.1 Å². The van der Waals surface area contributed by atoms with Gasteiger partial charge in [0, 0.05) is 6.21 Å². The average molecular weight is 305 g/mol. The van der Waals surface area contributed by atoms with Crippen LogP contribution >= 0.6 is 12.2 Å². The minimum Gasteiger partial charge on any atom is -0.494 e. The number of nitrogens with zero attached hydrogens (tertiary/aromatic N) is 1. The topological polar surface area (TPSA) is 81.2 Å². The van der Waals surface area contributed by atoms with E-state index in [1.54, 1.807) is 6.21 Å². The Kier molecular flexibility index (Phi) is 2.86. The Bertz CT molecular complexity index is 683. The molecular formula is C15H19N3O2S. The van der Waals surface area contributed by atoms with E-state index in [0.717, 1.165) is 37.0 Å². The molecule has 0 amide bonds. The van der Waals surface area contributed by atoms with Crippen molar-refractivity contribution < 1.29 is 5.11 Å². The lowest BCUT2D eigenvalue weighted by atomic mass is 9.53. The molecule has 6 heteroatoms. The van der Waals surface area contributed by atoms with E-state index in [1.807, 2.05) is 0 Å². The first-order valence-electron chi connectivity index (χ1n) is 7.64. The lowest BCUT2D eigenvalue weighted by molar-refractivity contribution is 0.00194. The summed E-state index contributed by atoms with van der Waals surface area (Å²) in [6.45, 7) is 0. The molecule has 0 spiro atoms. The number of aliphatic imine (C=N–C) groups is 1. The Balaban J connectivity index is 1.67. The molecule has 0 atom stereocenters. The first-order chi connectivity index (χ1) is 10.0. The second-order valence-electron chi connectivity index (χ2n) is 7.07. The SMILES string of the molecule is O=c1[nH]c(=S)[nH]c(O)c1C=NC12CC3CC(CC(C3)C1)C2. The van der Waals surface area contributed by atoms with Gasteiger partial charge in [0.25, 0.3) is 5.56 Å². The Morgan fingerprint density at radius 1 is 1.14 bits per heavy atom. The van der Waals surface area contributed by atoms with Gasteiger partial charge in [-0.1, -0.05) is 0 Å². The molecule has 4 bridgehead atoms. The van der Waals surface area contributed by atoms with Gasteiger partial charge in [-0.2, -0.15) is 0 Å². The fraction of sp³-hybridized carbons (Fsp3) is 0.667. The highest BCUT2D eigenvalue weighted by Gasteiger charge is 2.50. The highest BCUT2D eigenvalue weighted by Crippen LogP contribution is 2.57. The number of hydrogen-bond acceptors (Lipinski definition) is 4. The van der Waals surface area contributed by atoms with E-state index in [0.29, 0.717) is 0 Å². The second-order valence-corrected chi connectivity index (χ2v) is 7.48. The van der Waals surface area contributed by atoms with E-state index in [1.165, 1.54) is 19.3 Å². The van der Waals surface area contributed by atoms with Gasteiger partial charge in [-0.25, -0.2) is 0 Å². The molecule has 0 saturated heterocycles. The summed E-state index contributed by atoms with van der Waals surface area (Å²) < 4.78 is 0.129. The van der Waals surface area contributed by atoms with Crippen LogP contribution in [0.25, 0.3) is 0 Å². The largest absolute Gasteiger partial charge is 0.494 e. The Morgan fingerprint density at radius 2 is 1.71 bits per heavy atom. The van der Waals surface area contributed by atoms with Crippen molar-refractivity contribution in [2.24, 2.45) is 22.7 Å². The normalized spacial score (nSPS) is 37.4. The van der Waals surface area contributed by atoms with Gasteiger partial charge < -0.3 is 10.1 Å². The van der Waals surface area contributed by atoms with Gasteiger partial charge >= 0.3 is 0 Å². The van der Waals surface area contributed by atoms with E-state index in [9.17, 15) is 9.90 Å². The highest BCUT2D eigenvalue weighted by molar-refractivity contribution is 7.71. The standard InChI is InChI=1S/C15H19N3O2S/c19-12-11(13(20)18-14(21)17-12)7-16-15-4-8-1-9(5-15)3-10(2-8)6-15/h7-10H,1-6H2,(H3,17,18,19,20,21). The van der Waals surface area contributed by atoms with E-state index in [-0.39, 0.29) is 27.3 Å². The second kappa shape index (κ2) is 4.53. The molecule has 5 nitrogen and oxygen atoms in total. The van der Waals surface area contributed by atoms with Crippen molar-refractivity contribution in [3.05, 3.63) is 20.7 Å². The van der Waals surface area contributed by atoms with Crippen molar-refractivity contribution >= 4 is 18.4 Å². The number of aromatic amines is 2. The Hall–Kier alpha value is -1.43. The third kappa shape index (κ3) is 2.25. The van der Waals surface area contributed by atoms with Gasteiger partial charge in [0.15, 0.2) is 4.77 Å². The van der Waals surface area contributed by atoms with Crippen molar-refractivity contribution in [3.63, 3.8) is 0 Å². The summed E-state index contributed by atoms with van der Waals surface area (Å²) in [7, 11) is 0. The van der Waals surface area contributed by atoms with Crippen LogP contribution in [0.3, 0.4) is 0 Å². The third-order valence-electron chi connectivity index (χ3n) is 5.43. The van der Waals surface area contributed by atoms with Crippen LogP contribution in [-0.2, 0) is 0 Å². The summed E-state index contributed by atoms with van der Waals surface area (Å²) in [5.74, 6) is 2.22. The minimum absolute atomic E-state index is 0.000264. The van der Waals surface area contributed by atoms with Crippen LogP contribution in [0.15, 0.2) is 9.79 Å². The van der Waals surface area contributed by atoms with E-state index in [2.05, 4.69) is 9.97 Å². The molecule has 3 N–H and O–H groups in total. The molecule has 1 aromatic heterocycles. The van der Waals surface area contributed by atoms with Crippen molar-refractivity contribution in [2.45, 2.75) is 44.1 Å². The molecule has 5 rings (SSSR count). The zero-order valence-corrected chi connectivity index (χ0v) is 12.6. The number of hydrogen-bond donors (Lipinski definition) is 3. The molecule has 4 aliphatic rings. The lowest BCUT2D eigenvalue weighted by Gasteiger charge is -2.54. The smallest absolute Gasteiger partial charge is 0.264 e. The van der Waals surface area contributed by atoms with Crippen LogP contribution in [0.2, 0.25) is 0 Å². The summed E-state index contributed by atoms with van der Waals surface area (Å²) in [4.78, 5) is 21.7.